The third-order valence-electron chi connectivity index (χ3n) is 1.58. The fraction of sp³-hybridized carbons (Fsp3) is 0.222. The number of nitrogens with one attached hydrogen (secondary N) is 1. The molecule has 1 amide bonds. The molecular formula is C9H6Br2F3NO2. The molecule has 0 aliphatic heterocycles. The number of amides is 1. The van der Waals surface area contributed by atoms with E-state index in [9.17, 15) is 18.0 Å². The van der Waals surface area contributed by atoms with Crippen LogP contribution in [-0.4, -0.2) is 18.7 Å². The number of hydrogen-bond donors (Lipinski definition) is 1. The second kappa shape index (κ2) is 5.83. The van der Waals surface area contributed by atoms with Crippen LogP contribution < -0.4 is 5.48 Å². The van der Waals surface area contributed by atoms with E-state index in [1.807, 2.05) is 0 Å². The smallest absolute Gasteiger partial charge is 0.267 e. The Balaban J connectivity index is 2.59. The minimum Gasteiger partial charge on any atom is -0.267 e. The summed E-state index contributed by atoms with van der Waals surface area (Å²) in [7, 11) is 0. The Morgan fingerprint density at radius 1 is 1.35 bits per heavy atom. The molecular weight excluding hydrogens is 371 g/mol. The average molecular weight is 377 g/mol. The molecule has 3 nitrogen and oxygen atoms in total. The molecule has 0 saturated heterocycles. The molecule has 0 radical (unpaired) electrons. The topological polar surface area (TPSA) is 38.3 Å². The first kappa shape index (κ1) is 14.5. The van der Waals surface area contributed by atoms with E-state index in [4.69, 9.17) is 0 Å². The first-order valence-electron chi connectivity index (χ1n) is 4.23. The Bertz CT molecular complexity index is 423. The van der Waals surface area contributed by atoms with Crippen LogP contribution in [0.3, 0.4) is 0 Å². The predicted octanol–water partition coefficient (Wildman–Crippen LogP) is 3.44. The summed E-state index contributed by atoms with van der Waals surface area (Å²) in [5, 5.41) is 0. The Hall–Kier alpha value is -0.600. The molecule has 0 aliphatic rings. The normalized spacial score (nSPS) is 11.4. The van der Waals surface area contributed by atoms with Crippen molar-refractivity contribution >= 4 is 37.8 Å². The lowest BCUT2D eigenvalue weighted by Crippen LogP contribution is -2.29. The minimum absolute atomic E-state index is 0.176. The maximum Gasteiger partial charge on any atom is 0.414 e. The molecule has 94 valence electrons. The van der Waals surface area contributed by atoms with E-state index < -0.39 is 18.7 Å². The van der Waals surface area contributed by atoms with Crippen LogP contribution >= 0.6 is 31.9 Å². The molecule has 1 aromatic rings. The van der Waals surface area contributed by atoms with Gasteiger partial charge >= 0.3 is 6.18 Å². The van der Waals surface area contributed by atoms with Crippen LogP contribution in [-0.2, 0) is 4.84 Å². The summed E-state index contributed by atoms with van der Waals surface area (Å²) in [6.07, 6.45) is -4.48. The summed E-state index contributed by atoms with van der Waals surface area (Å²) in [5.41, 5.74) is 1.89. The molecule has 1 aromatic carbocycles. The molecule has 0 saturated carbocycles. The Morgan fingerprint density at radius 3 is 2.53 bits per heavy atom. The highest BCUT2D eigenvalue weighted by molar-refractivity contribution is 9.11. The molecule has 0 spiro atoms. The molecule has 0 atom stereocenters. The lowest BCUT2D eigenvalue weighted by molar-refractivity contribution is -0.184. The second-order valence-corrected chi connectivity index (χ2v) is 4.73. The molecule has 0 heterocycles. The first-order valence-corrected chi connectivity index (χ1v) is 5.82. The van der Waals surface area contributed by atoms with E-state index in [-0.39, 0.29) is 5.56 Å². The van der Waals surface area contributed by atoms with Gasteiger partial charge in [-0.2, -0.15) is 13.2 Å². The zero-order valence-electron chi connectivity index (χ0n) is 8.15. The maximum atomic E-state index is 11.7. The van der Waals surface area contributed by atoms with E-state index >= 15 is 0 Å². The lowest BCUT2D eigenvalue weighted by atomic mass is 10.2. The van der Waals surface area contributed by atoms with E-state index in [0.29, 0.717) is 4.47 Å². The van der Waals surface area contributed by atoms with E-state index in [0.717, 1.165) is 4.47 Å². The highest BCUT2D eigenvalue weighted by Gasteiger charge is 2.28. The van der Waals surface area contributed by atoms with Crippen molar-refractivity contribution in [1.82, 2.24) is 5.48 Å². The van der Waals surface area contributed by atoms with Gasteiger partial charge in [0.1, 0.15) is 0 Å². The van der Waals surface area contributed by atoms with E-state index in [2.05, 4.69) is 36.7 Å². The number of carbonyl (C=O) groups excluding carboxylic acids is 1. The molecule has 0 aliphatic carbocycles. The molecule has 8 heteroatoms. The van der Waals surface area contributed by atoms with Gasteiger partial charge in [-0.25, -0.2) is 5.48 Å². The number of halogens is 5. The maximum absolute atomic E-state index is 11.7. The van der Waals surface area contributed by atoms with Crippen molar-refractivity contribution in [1.29, 1.82) is 0 Å². The highest BCUT2D eigenvalue weighted by atomic mass is 79.9. The summed E-state index contributed by atoms with van der Waals surface area (Å²) >= 11 is 6.29. The quantitative estimate of drug-likeness (QED) is 0.820. The Morgan fingerprint density at radius 2 is 2.00 bits per heavy atom. The van der Waals surface area contributed by atoms with Gasteiger partial charge in [-0.1, -0.05) is 15.9 Å². The van der Waals surface area contributed by atoms with Crippen LogP contribution in [0.5, 0.6) is 0 Å². The SMILES string of the molecule is O=C(NOCC(F)(F)F)c1ccc(Br)cc1Br. The van der Waals surface area contributed by atoms with Crippen LogP contribution in [0, 0.1) is 0 Å². The summed E-state index contributed by atoms with van der Waals surface area (Å²) in [4.78, 5) is 15.5. The average Bonchev–Trinajstić information content (AvgIpc) is 2.15. The number of carbonyl (C=O) groups is 1. The van der Waals surface area contributed by atoms with Gasteiger partial charge in [0.05, 0.1) is 5.56 Å². The number of hydroxylamine groups is 1. The summed E-state index contributed by atoms with van der Waals surface area (Å²) in [6, 6.07) is 4.63. The van der Waals surface area contributed by atoms with E-state index in [1.165, 1.54) is 6.07 Å². The summed E-state index contributed by atoms with van der Waals surface area (Å²) in [6.45, 7) is -1.53. The van der Waals surface area contributed by atoms with Crippen molar-refractivity contribution in [2.75, 3.05) is 6.61 Å². The van der Waals surface area contributed by atoms with Gasteiger partial charge < -0.3 is 0 Å². The lowest BCUT2D eigenvalue weighted by Gasteiger charge is -2.09. The monoisotopic (exact) mass is 375 g/mol. The van der Waals surface area contributed by atoms with Crippen LogP contribution in [0.4, 0.5) is 13.2 Å². The molecule has 0 aromatic heterocycles. The molecule has 1 rings (SSSR count). The van der Waals surface area contributed by atoms with Crippen LogP contribution in [0.25, 0.3) is 0 Å². The third kappa shape index (κ3) is 5.05. The van der Waals surface area contributed by atoms with Gasteiger partial charge in [0, 0.05) is 8.95 Å². The van der Waals surface area contributed by atoms with Gasteiger partial charge in [0.15, 0.2) is 6.61 Å². The zero-order chi connectivity index (χ0) is 13.1. The van der Waals surface area contributed by atoms with Gasteiger partial charge in [-0.3, -0.25) is 9.63 Å². The van der Waals surface area contributed by atoms with Crippen molar-refractivity contribution in [2.24, 2.45) is 0 Å². The van der Waals surface area contributed by atoms with Crippen LogP contribution in [0.1, 0.15) is 10.4 Å². The Labute approximate surface area is 112 Å². The second-order valence-electron chi connectivity index (χ2n) is 2.96. The molecule has 0 unspecified atom stereocenters. The van der Waals surface area contributed by atoms with Crippen molar-refractivity contribution in [3.63, 3.8) is 0 Å². The van der Waals surface area contributed by atoms with Gasteiger partial charge in [-0.15, -0.1) is 0 Å². The number of benzene rings is 1. The van der Waals surface area contributed by atoms with Gasteiger partial charge in [0.2, 0.25) is 0 Å². The van der Waals surface area contributed by atoms with E-state index in [1.54, 1.807) is 17.6 Å². The summed E-state index contributed by atoms with van der Waals surface area (Å²) in [5.74, 6) is -0.756. The number of hydrogen-bond acceptors (Lipinski definition) is 2. The molecule has 1 N–H and O–H groups in total. The fourth-order valence-corrected chi connectivity index (χ4v) is 2.14. The molecule has 0 fully saturated rings. The number of rotatable bonds is 3. The summed E-state index contributed by atoms with van der Waals surface area (Å²) < 4.78 is 36.4. The standard InChI is InChI=1S/C9H6Br2F3NO2/c10-5-1-2-6(7(11)3-5)8(16)15-17-4-9(12,13)14/h1-3H,4H2,(H,15,16). The minimum atomic E-state index is -4.48. The first-order chi connectivity index (χ1) is 7.79. The largest absolute Gasteiger partial charge is 0.414 e. The molecule has 0 bridgehead atoms. The van der Waals surface area contributed by atoms with Crippen molar-refractivity contribution < 1.29 is 22.8 Å². The van der Waals surface area contributed by atoms with Crippen LogP contribution in [0.15, 0.2) is 27.1 Å². The van der Waals surface area contributed by atoms with Gasteiger partial charge in [0.25, 0.3) is 5.91 Å². The third-order valence-corrected chi connectivity index (χ3v) is 2.73. The van der Waals surface area contributed by atoms with Crippen molar-refractivity contribution in [3.8, 4) is 0 Å². The van der Waals surface area contributed by atoms with Crippen molar-refractivity contribution in [2.45, 2.75) is 6.18 Å². The highest BCUT2D eigenvalue weighted by Crippen LogP contribution is 2.22. The Kier molecular flexibility index (Phi) is 4.96. The predicted molar refractivity (Wildman–Crippen MR) is 61.3 cm³/mol. The van der Waals surface area contributed by atoms with Gasteiger partial charge in [-0.05, 0) is 34.1 Å². The fourth-order valence-electron chi connectivity index (χ4n) is 0.912. The van der Waals surface area contributed by atoms with Crippen molar-refractivity contribution in [3.05, 3.63) is 32.7 Å². The number of alkyl halides is 3. The molecule has 17 heavy (non-hydrogen) atoms. The zero-order valence-corrected chi connectivity index (χ0v) is 11.3. The van der Waals surface area contributed by atoms with Crippen LogP contribution in [0.2, 0.25) is 0 Å².